The summed E-state index contributed by atoms with van der Waals surface area (Å²) >= 11 is 0. The van der Waals surface area contributed by atoms with Gasteiger partial charge in [-0.15, -0.1) is 0 Å². The third-order valence-corrected chi connectivity index (χ3v) is 2.55. The molecule has 1 atom stereocenters. The van der Waals surface area contributed by atoms with E-state index in [4.69, 9.17) is 14.2 Å². The molecule has 0 N–H and O–H groups in total. The lowest BCUT2D eigenvalue weighted by Crippen LogP contribution is -2.12. The lowest BCUT2D eigenvalue weighted by molar-refractivity contribution is -0.117. The molecule has 112 valence electrons. The first-order valence-electron chi connectivity index (χ1n) is 6.74. The van der Waals surface area contributed by atoms with Crippen LogP contribution in [0.3, 0.4) is 0 Å². The maximum absolute atomic E-state index is 11.5. The molecule has 0 bridgehead atoms. The highest BCUT2D eigenvalue weighted by atomic mass is 16.7. The molecule has 21 heavy (non-hydrogen) atoms. The molecule has 0 spiro atoms. The Bertz CT molecular complexity index is 520. The fourth-order valence-electron chi connectivity index (χ4n) is 1.49. The number of hydrogen-bond donors (Lipinski definition) is 0. The third kappa shape index (κ3) is 7.31. The van der Waals surface area contributed by atoms with E-state index in [9.17, 15) is 4.79 Å². The molecule has 0 saturated carbocycles. The lowest BCUT2D eigenvalue weighted by atomic mass is 10.2. The Hall–Kier alpha value is -2.09. The Labute approximate surface area is 125 Å². The molecular weight excluding hydrogens is 268 g/mol. The van der Waals surface area contributed by atoms with E-state index in [0.29, 0.717) is 6.61 Å². The second kappa shape index (κ2) is 9.76. The van der Waals surface area contributed by atoms with E-state index in [1.165, 1.54) is 6.08 Å². The van der Waals surface area contributed by atoms with Crippen LogP contribution in [0.2, 0.25) is 0 Å². The van der Waals surface area contributed by atoms with Crippen LogP contribution in [-0.2, 0) is 14.3 Å². The van der Waals surface area contributed by atoms with Crippen LogP contribution >= 0.6 is 0 Å². The number of benzene rings is 1. The van der Waals surface area contributed by atoms with E-state index in [1.54, 1.807) is 20.1 Å². The maximum atomic E-state index is 11.5. The minimum absolute atomic E-state index is 0.170. The van der Waals surface area contributed by atoms with Crippen molar-refractivity contribution in [3.63, 3.8) is 0 Å². The Morgan fingerprint density at radius 1 is 1.29 bits per heavy atom. The van der Waals surface area contributed by atoms with Gasteiger partial charge in [0.1, 0.15) is 12.4 Å². The second-order valence-corrected chi connectivity index (χ2v) is 4.11. The first kappa shape index (κ1) is 17.0. The predicted molar refractivity (Wildman–Crippen MR) is 81.9 cm³/mol. The molecule has 0 fully saturated rings. The van der Waals surface area contributed by atoms with Crippen molar-refractivity contribution in [1.29, 1.82) is 0 Å². The Morgan fingerprint density at radius 3 is 2.62 bits per heavy atom. The van der Waals surface area contributed by atoms with Gasteiger partial charge in [0, 0.05) is 6.61 Å². The topological polar surface area (TPSA) is 44.8 Å². The number of hydrogen-bond acceptors (Lipinski definition) is 4. The number of allylic oxidation sites excluding steroid dienone is 1. The number of carbonyl (C=O) groups is 1. The Balaban J connectivity index is 2.40. The summed E-state index contributed by atoms with van der Waals surface area (Å²) in [5.41, 5.74) is 0.909. The molecule has 4 nitrogen and oxygen atoms in total. The Kier molecular flexibility index (Phi) is 7.88. The molecule has 0 heterocycles. The predicted octanol–water partition coefficient (Wildman–Crippen LogP) is 2.68. The van der Waals surface area contributed by atoms with Crippen molar-refractivity contribution in [3.05, 3.63) is 35.9 Å². The molecular formula is C17H20O4. The molecule has 1 aromatic carbocycles. The van der Waals surface area contributed by atoms with E-state index >= 15 is 0 Å². The number of carbonyl (C=O) groups excluding carboxylic acids is 1. The van der Waals surface area contributed by atoms with Crippen LogP contribution in [0.15, 0.2) is 30.3 Å². The first-order valence-corrected chi connectivity index (χ1v) is 6.74. The number of ketones is 1. The molecule has 0 amide bonds. The van der Waals surface area contributed by atoms with Crippen LogP contribution in [0.5, 0.6) is 5.75 Å². The largest absolute Gasteiger partial charge is 0.497 e. The second-order valence-electron chi connectivity index (χ2n) is 4.11. The van der Waals surface area contributed by atoms with Gasteiger partial charge in [0.05, 0.1) is 7.11 Å². The highest BCUT2D eigenvalue weighted by Gasteiger charge is 1.97. The van der Waals surface area contributed by atoms with Gasteiger partial charge >= 0.3 is 0 Å². The fourth-order valence-corrected chi connectivity index (χ4v) is 1.49. The summed E-state index contributed by atoms with van der Waals surface area (Å²) in [5, 5.41) is 0. The standard InChI is InChI=1S/C17H20O4/c1-4-20-14(2)21-13-5-6-16(18)10-7-15-8-11-17(19-3)12-9-15/h7-12,14H,4,13H2,1-3H3. The number of ether oxygens (including phenoxy) is 3. The van der Waals surface area contributed by atoms with Crippen molar-refractivity contribution in [3.8, 4) is 17.6 Å². The van der Waals surface area contributed by atoms with Gasteiger partial charge in [0.2, 0.25) is 5.78 Å². The molecule has 0 aliphatic carbocycles. The van der Waals surface area contributed by atoms with Gasteiger partial charge in [0.15, 0.2) is 6.29 Å². The number of rotatable bonds is 7. The molecule has 0 radical (unpaired) electrons. The lowest BCUT2D eigenvalue weighted by Gasteiger charge is -2.09. The van der Waals surface area contributed by atoms with E-state index in [2.05, 4.69) is 11.8 Å². The summed E-state index contributed by atoms with van der Waals surface area (Å²) in [4.78, 5) is 11.5. The molecule has 0 aromatic heterocycles. The highest BCUT2D eigenvalue weighted by Crippen LogP contribution is 2.12. The number of methoxy groups -OCH3 is 1. The maximum Gasteiger partial charge on any atom is 0.228 e. The van der Waals surface area contributed by atoms with Gasteiger partial charge in [-0.25, -0.2) is 0 Å². The van der Waals surface area contributed by atoms with Crippen LogP contribution < -0.4 is 4.74 Å². The average molecular weight is 288 g/mol. The van der Waals surface area contributed by atoms with E-state index in [1.807, 2.05) is 31.2 Å². The summed E-state index contributed by atoms with van der Waals surface area (Å²) in [5.74, 6) is 5.66. The van der Waals surface area contributed by atoms with Gasteiger partial charge in [0.25, 0.3) is 0 Å². The minimum Gasteiger partial charge on any atom is -0.497 e. The van der Waals surface area contributed by atoms with Gasteiger partial charge in [-0.2, -0.15) is 0 Å². The van der Waals surface area contributed by atoms with Crippen molar-refractivity contribution in [1.82, 2.24) is 0 Å². The van der Waals surface area contributed by atoms with Crippen molar-refractivity contribution in [2.24, 2.45) is 0 Å². The zero-order valence-corrected chi connectivity index (χ0v) is 12.6. The highest BCUT2D eigenvalue weighted by molar-refractivity contribution is 6.06. The van der Waals surface area contributed by atoms with Gasteiger partial charge in [-0.05, 0) is 43.5 Å². The van der Waals surface area contributed by atoms with E-state index in [-0.39, 0.29) is 18.7 Å². The van der Waals surface area contributed by atoms with Crippen molar-refractivity contribution >= 4 is 11.9 Å². The quantitative estimate of drug-likeness (QED) is 0.335. The normalized spacial score (nSPS) is 11.8. The average Bonchev–Trinajstić information content (AvgIpc) is 2.50. The van der Waals surface area contributed by atoms with Gasteiger partial charge < -0.3 is 14.2 Å². The minimum atomic E-state index is -0.311. The summed E-state index contributed by atoms with van der Waals surface area (Å²) in [6, 6.07) is 7.39. The summed E-state index contributed by atoms with van der Waals surface area (Å²) in [6.07, 6.45) is 2.83. The SMILES string of the molecule is CCOC(C)OCC#CC(=O)C=Cc1ccc(OC)cc1. The van der Waals surface area contributed by atoms with E-state index in [0.717, 1.165) is 11.3 Å². The zero-order chi connectivity index (χ0) is 15.5. The van der Waals surface area contributed by atoms with Crippen molar-refractivity contribution in [2.45, 2.75) is 20.1 Å². The molecule has 1 unspecified atom stereocenters. The fraction of sp³-hybridized carbons (Fsp3) is 0.353. The van der Waals surface area contributed by atoms with E-state index < -0.39 is 0 Å². The third-order valence-electron chi connectivity index (χ3n) is 2.55. The van der Waals surface area contributed by atoms with Crippen LogP contribution in [0.4, 0.5) is 0 Å². The first-order chi connectivity index (χ1) is 10.2. The van der Waals surface area contributed by atoms with Crippen LogP contribution in [0.25, 0.3) is 6.08 Å². The van der Waals surface area contributed by atoms with Crippen LogP contribution in [-0.4, -0.2) is 32.4 Å². The van der Waals surface area contributed by atoms with Crippen LogP contribution in [0.1, 0.15) is 19.4 Å². The molecule has 4 heteroatoms. The van der Waals surface area contributed by atoms with Gasteiger partial charge in [-0.3, -0.25) is 4.79 Å². The molecule has 0 aliphatic rings. The van der Waals surface area contributed by atoms with Crippen molar-refractivity contribution in [2.75, 3.05) is 20.3 Å². The summed E-state index contributed by atoms with van der Waals surface area (Å²) in [6.45, 7) is 4.43. The molecule has 0 saturated heterocycles. The smallest absolute Gasteiger partial charge is 0.228 e. The monoisotopic (exact) mass is 288 g/mol. The van der Waals surface area contributed by atoms with Crippen molar-refractivity contribution < 1.29 is 19.0 Å². The van der Waals surface area contributed by atoms with Gasteiger partial charge in [-0.1, -0.05) is 24.1 Å². The molecule has 0 aliphatic heterocycles. The molecule has 1 rings (SSSR count). The van der Waals surface area contributed by atoms with Crippen LogP contribution in [0, 0.1) is 11.8 Å². The zero-order valence-electron chi connectivity index (χ0n) is 12.6. The molecule has 1 aromatic rings. The summed E-state index contributed by atoms with van der Waals surface area (Å²) < 4.78 is 15.5. The Morgan fingerprint density at radius 2 is 2.00 bits per heavy atom. The summed E-state index contributed by atoms with van der Waals surface area (Å²) in [7, 11) is 1.61.